The molecule has 0 N–H and O–H groups in total. The highest BCUT2D eigenvalue weighted by Crippen LogP contribution is 2.40. The third-order valence-electron chi connectivity index (χ3n) is 1.24. The van der Waals surface area contributed by atoms with Crippen molar-refractivity contribution in [3.05, 3.63) is 14.2 Å². The summed E-state index contributed by atoms with van der Waals surface area (Å²) in [5.74, 6) is 0. The lowest BCUT2D eigenvalue weighted by Gasteiger charge is -1.93. The fourth-order valence-corrected chi connectivity index (χ4v) is 4.57. The molecule has 12 heavy (non-hydrogen) atoms. The van der Waals surface area contributed by atoms with Crippen LogP contribution >= 0.6 is 45.2 Å². The van der Waals surface area contributed by atoms with Gasteiger partial charge in [-0.15, -0.1) is 11.3 Å². The summed E-state index contributed by atoms with van der Waals surface area (Å²) in [5, 5.41) is 0. The Morgan fingerprint density at radius 3 is 1.92 bits per heavy atom. The highest BCUT2D eigenvalue weighted by molar-refractivity contribution is 8.14. The highest BCUT2D eigenvalue weighted by atomic mass is 35.7. The molecule has 1 rings (SSSR count). The number of rotatable bonds is 1. The molecule has 1 aromatic rings. The van der Waals surface area contributed by atoms with Crippen molar-refractivity contribution in [2.24, 2.45) is 0 Å². The second-order valence-electron chi connectivity index (χ2n) is 2.04. The zero-order valence-electron chi connectivity index (χ0n) is 5.77. The number of halogens is 3. The Labute approximate surface area is 88.5 Å². The van der Waals surface area contributed by atoms with Crippen LogP contribution in [-0.4, -0.2) is 8.42 Å². The van der Waals surface area contributed by atoms with E-state index in [0.29, 0.717) is 9.90 Å². The topological polar surface area (TPSA) is 34.1 Å². The van der Waals surface area contributed by atoms with Crippen molar-refractivity contribution in [3.8, 4) is 0 Å². The highest BCUT2D eigenvalue weighted by Gasteiger charge is 2.22. The van der Waals surface area contributed by atoms with Crippen LogP contribution in [-0.2, 0) is 9.05 Å². The van der Waals surface area contributed by atoms with Crippen LogP contribution in [0.3, 0.4) is 0 Å². The third-order valence-corrected chi connectivity index (χ3v) is 4.74. The van der Waals surface area contributed by atoms with Crippen LogP contribution in [0.5, 0.6) is 0 Å². The van der Waals surface area contributed by atoms with Crippen LogP contribution < -0.4 is 0 Å². The molecule has 0 aliphatic rings. The van der Waals surface area contributed by atoms with Gasteiger partial charge < -0.3 is 0 Å². The van der Waals surface area contributed by atoms with E-state index in [1.165, 1.54) is 0 Å². The number of hydrogen-bond donors (Lipinski definition) is 0. The smallest absolute Gasteiger partial charge is 0.207 e. The van der Waals surface area contributed by atoms with Gasteiger partial charge in [0.1, 0.15) is 9.23 Å². The maximum atomic E-state index is 10.9. The van der Waals surface area contributed by atoms with Crippen molar-refractivity contribution in [1.82, 2.24) is 0 Å². The summed E-state index contributed by atoms with van der Waals surface area (Å²) in [6.45, 7) is 1.56. The molecule has 0 saturated carbocycles. The monoisotopic (exact) mass is 264 g/mol. The van der Waals surface area contributed by atoms with E-state index < -0.39 is 9.05 Å². The fourth-order valence-electron chi connectivity index (χ4n) is 0.717. The van der Waals surface area contributed by atoms with Gasteiger partial charge in [0.05, 0.1) is 4.34 Å². The van der Waals surface area contributed by atoms with Crippen LogP contribution in [0, 0.1) is 6.92 Å². The SMILES string of the molecule is Cc1c(Cl)sc(Cl)c1S(=O)(=O)Cl. The molecule has 0 saturated heterocycles. The second kappa shape index (κ2) is 3.35. The fraction of sp³-hybridized carbons (Fsp3) is 0.200. The Balaban J connectivity index is 3.54. The molecule has 0 spiro atoms. The molecule has 0 unspecified atom stereocenters. The van der Waals surface area contributed by atoms with E-state index >= 15 is 0 Å². The van der Waals surface area contributed by atoms with Gasteiger partial charge in [0.25, 0.3) is 9.05 Å². The first-order valence-electron chi connectivity index (χ1n) is 2.73. The van der Waals surface area contributed by atoms with E-state index in [1.54, 1.807) is 6.92 Å². The Bertz CT molecular complexity index is 407. The van der Waals surface area contributed by atoms with Gasteiger partial charge in [-0.2, -0.15) is 0 Å². The maximum absolute atomic E-state index is 10.9. The van der Waals surface area contributed by atoms with E-state index in [4.69, 9.17) is 33.9 Å². The molecule has 0 amide bonds. The van der Waals surface area contributed by atoms with Crippen molar-refractivity contribution < 1.29 is 8.42 Å². The van der Waals surface area contributed by atoms with Crippen molar-refractivity contribution >= 4 is 54.3 Å². The zero-order chi connectivity index (χ0) is 9.52. The van der Waals surface area contributed by atoms with E-state index in [0.717, 1.165) is 11.3 Å². The molecule has 0 fully saturated rings. The molecule has 1 aromatic heterocycles. The largest absolute Gasteiger partial charge is 0.263 e. The molecule has 2 nitrogen and oxygen atoms in total. The molecule has 68 valence electrons. The molecule has 7 heteroatoms. The summed E-state index contributed by atoms with van der Waals surface area (Å²) in [6, 6.07) is 0. The molecular weight excluding hydrogens is 263 g/mol. The van der Waals surface area contributed by atoms with Crippen molar-refractivity contribution in [2.75, 3.05) is 0 Å². The van der Waals surface area contributed by atoms with Crippen LogP contribution in [0.25, 0.3) is 0 Å². The van der Waals surface area contributed by atoms with Gasteiger partial charge in [0, 0.05) is 16.2 Å². The average molecular weight is 266 g/mol. The summed E-state index contributed by atoms with van der Waals surface area (Å²) in [4.78, 5) is -0.0826. The average Bonchev–Trinajstić information content (AvgIpc) is 2.05. The maximum Gasteiger partial charge on any atom is 0.263 e. The van der Waals surface area contributed by atoms with Gasteiger partial charge in [-0.3, -0.25) is 0 Å². The van der Waals surface area contributed by atoms with Crippen LogP contribution in [0.2, 0.25) is 8.67 Å². The molecule has 0 bridgehead atoms. The number of hydrogen-bond acceptors (Lipinski definition) is 3. The van der Waals surface area contributed by atoms with Gasteiger partial charge in [-0.05, 0) is 6.92 Å². The van der Waals surface area contributed by atoms with E-state index in [2.05, 4.69) is 0 Å². The Kier molecular flexibility index (Phi) is 2.96. The summed E-state index contributed by atoms with van der Waals surface area (Å²) >= 11 is 12.2. The molecule has 0 aromatic carbocycles. The first kappa shape index (κ1) is 10.6. The standard InChI is InChI=1S/C5H3Cl3O2S2/c1-2-3(12(8,9)10)5(7)11-4(2)6/h1H3. The first-order chi connectivity index (χ1) is 5.34. The van der Waals surface area contributed by atoms with E-state index in [9.17, 15) is 8.42 Å². The van der Waals surface area contributed by atoms with Crippen molar-refractivity contribution in [3.63, 3.8) is 0 Å². The predicted molar refractivity (Wildman–Crippen MR) is 52.1 cm³/mol. The summed E-state index contributed by atoms with van der Waals surface area (Å²) in [6.07, 6.45) is 0. The lowest BCUT2D eigenvalue weighted by molar-refractivity contribution is 0.609. The van der Waals surface area contributed by atoms with Crippen LogP contribution in [0.1, 0.15) is 5.56 Å². The predicted octanol–water partition coefficient (Wildman–Crippen LogP) is 3.29. The van der Waals surface area contributed by atoms with Gasteiger partial charge >= 0.3 is 0 Å². The lowest BCUT2D eigenvalue weighted by Crippen LogP contribution is -1.90. The van der Waals surface area contributed by atoms with E-state index in [1.807, 2.05) is 0 Å². The molecule has 0 atom stereocenters. The minimum absolute atomic E-state index is 0.0826. The van der Waals surface area contributed by atoms with Crippen LogP contribution in [0.4, 0.5) is 0 Å². The number of thiophene rings is 1. The Hall–Kier alpha value is 0.520. The second-order valence-corrected chi connectivity index (χ2v) is 6.77. The molecule has 0 aliphatic carbocycles. The minimum atomic E-state index is -3.78. The summed E-state index contributed by atoms with van der Waals surface area (Å²) in [5.41, 5.74) is 0.404. The van der Waals surface area contributed by atoms with Gasteiger partial charge in [0.15, 0.2) is 0 Å². The third kappa shape index (κ3) is 1.88. The first-order valence-corrected chi connectivity index (χ1v) is 6.61. The van der Waals surface area contributed by atoms with Gasteiger partial charge in [-0.1, -0.05) is 23.2 Å². The summed E-state index contributed by atoms with van der Waals surface area (Å²) < 4.78 is 22.3. The molecule has 0 radical (unpaired) electrons. The van der Waals surface area contributed by atoms with Crippen molar-refractivity contribution in [1.29, 1.82) is 0 Å². The van der Waals surface area contributed by atoms with Crippen molar-refractivity contribution in [2.45, 2.75) is 11.8 Å². The Morgan fingerprint density at radius 2 is 1.75 bits per heavy atom. The normalized spacial score (nSPS) is 12.0. The lowest BCUT2D eigenvalue weighted by atomic mass is 10.4. The Morgan fingerprint density at radius 1 is 1.25 bits per heavy atom. The zero-order valence-corrected chi connectivity index (χ0v) is 9.67. The van der Waals surface area contributed by atoms with Gasteiger partial charge in [0.2, 0.25) is 0 Å². The summed E-state index contributed by atoms with van der Waals surface area (Å²) in [7, 11) is 1.34. The molecule has 1 heterocycles. The van der Waals surface area contributed by atoms with Gasteiger partial charge in [-0.25, -0.2) is 8.42 Å². The molecular formula is C5H3Cl3O2S2. The quantitative estimate of drug-likeness (QED) is 0.730. The van der Waals surface area contributed by atoms with Crippen LogP contribution in [0.15, 0.2) is 4.90 Å². The minimum Gasteiger partial charge on any atom is -0.207 e. The molecule has 0 aliphatic heterocycles. The van der Waals surface area contributed by atoms with E-state index in [-0.39, 0.29) is 9.23 Å².